The molecule has 0 aromatic carbocycles. The Bertz CT molecular complexity index is 690. The Labute approximate surface area is 283 Å². The maximum absolute atomic E-state index is 11.1. The fourth-order valence-electron chi connectivity index (χ4n) is 6.46. The molecule has 0 fully saturated rings. The molecule has 0 aromatic rings. The van der Waals surface area contributed by atoms with Gasteiger partial charge in [-0.3, -0.25) is 4.55 Å². The molecule has 1 atom stereocenters. The van der Waals surface area contributed by atoms with Gasteiger partial charge in [0.15, 0.2) is 0 Å². The molecule has 1 unspecified atom stereocenters. The van der Waals surface area contributed by atoms with E-state index in [0.29, 0.717) is 0 Å². The van der Waals surface area contributed by atoms with Crippen molar-refractivity contribution in [3.05, 3.63) is 12.2 Å². The van der Waals surface area contributed by atoms with Crippen molar-refractivity contribution >= 4 is 10.4 Å². The van der Waals surface area contributed by atoms with Crippen molar-refractivity contribution < 1.29 is 17.2 Å². The first-order valence-corrected chi connectivity index (χ1v) is 21.6. The molecule has 45 heavy (non-hydrogen) atoms. The summed E-state index contributed by atoms with van der Waals surface area (Å²) < 4.78 is 36.0. The highest BCUT2D eigenvalue weighted by atomic mass is 32.3. The quantitative estimate of drug-likeness (QED) is 0.0408. The number of unbranched alkanes of at least 4 members (excludes halogenated alkanes) is 31. The standard InChI is InChI=1S/C40H80O4S/c1-3-5-7-9-11-13-15-17-19-20-21-22-24-26-28-30-32-34-36-38-40(39-44-45(41,42)43)37-35-33-31-29-27-25-23-18-16-14-12-10-8-6-4-2/h36,38,40H,3-35,37,39H2,1-2H3,(H,41,42,43)/b38-36+. The minimum Gasteiger partial charge on any atom is -0.264 e. The zero-order chi connectivity index (χ0) is 32.9. The topological polar surface area (TPSA) is 63.6 Å². The van der Waals surface area contributed by atoms with Gasteiger partial charge in [0.05, 0.1) is 6.61 Å². The van der Waals surface area contributed by atoms with Crippen LogP contribution < -0.4 is 0 Å². The van der Waals surface area contributed by atoms with Crippen LogP contribution in [-0.2, 0) is 14.6 Å². The average Bonchev–Trinajstić information content (AvgIpc) is 3.02. The van der Waals surface area contributed by atoms with E-state index in [1.165, 1.54) is 199 Å². The molecule has 5 heteroatoms. The van der Waals surface area contributed by atoms with Crippen LogP contribution in [-0.4, -0.2) is 19.6 Å². The maximum Gasteiger partial charge on any atom is 0.397 e. The van der Waals surface area contributed by atoms with Crippen LogP contribution >= 0.6 is 0 Å². The summed E-state index contributed by atoms with van der Waals surface area (Å²) in [5.74, 6) is 0.0553. The summed E-state index contributed by atoms with van der Waals surface area (Å²) >= 11 is 0. The number of allylic oxidation sites excluding steroid dienone is 1. The van der Waals surface area contributed by atoms with E-state index < -0.39 is 10.4 Å². The highest BCUT2D eigenvalue weighted by Gasteiger charge is 2.11. The third-order valence-electron chi connectivity index (χ3n) is 9.49. The summed E-state index contributed by atoms with van der Waals surface area (Å²) in [5, 5.41) is 0. The third-order valence-corrected chi connectivity index (χ3v) is 9.93. The van der Waals surface area contributed by atoms with E-state index in [-0.39, 0.29) is 12.5 Å². The summed E-state index contributed by atoms with van der Waals surface area (Å²) in [6.45, 7) is 4.61. The smallest absolute Gasteiger partial charge is 0.264 e. The monoisotopic (exact) mass is 657 g/mol. The molecule has 0 aliphatic carbocycles. The predicted molar refractivity (Wildman–Crippen MR) is 198 cm³/mol. The molecule has 0 aliphatic heterocycles. The lowest BCUT2D eigenvalue weighted by molar-refractivity contribution is 0.234. The first-order valence-electron chi connectivity index (χ1n) is 20.3. The minimum absolute atomic E-state index is 0.0486. The van der Waals surface area contributed by atoms with Crippen molar-refractivity contribution in [1.82, 2.24) is 0 Å². The van der Waals surface area contributed by atoms with E-state index in [1.54, 1.807) is 0 Å². The second-order valence-electron chi connectivity index (χ2n) is 14.1. The van der Waals surface area contributed by atoms with Gasteiger partial charge in [-0.05, 0) is 19.3 Å². The molecule has 1 N–H and O–H groups in total. The van der Waals surface area contributed by atoms with Crippen LogP contribution in [0.2, 0.25) is 0 Å². The van der Waals surface area contributed by atoms with Crippen molar-refractivity contribution in [3.63, 3.8) is 0 Å². The van der Waals surface area contributed by atoms with Gasteiger partial charge in [-0.2, -0.15) is 8.42 Å². The van der Waals surface area contributed by atoms with E-state index in [9.17, 15) is 8.42 Å². The van der Waals surface area contributed by atoms with Crippen molar-refractivity contribution in [3.8, 4) is 0 Å². The summed E-state index contributed by atoms with van der Waals surface area (Å²) in [6.07, 6.45) is 50.0. The van der Waals surface area contributed by atoms with Crippen LogP contribution in [0.4, 0.5) is 0 Å². The van der Waals surface area contributed by atoms with Crippen LogP contribution in [0.5, 0.6) is 0 Å². The third kappa shape index (κ3) is 39.7. The zero-order valence-corrected chi connectivity index (χ0v) is 31.4. The molecule has 0 amide bonds. The van der Waals surface area contributed by atoms with Gasteiger partial charge in [0.1, 0.15) is 0 Å². The second kappa shape index (κ2) is 36.4. The molecule has 0 heterocycles. The van der Waals surface area contributed by atoms with Gasteiger partial charge in [-0.25, -0.2) is 4.18 Å². The number of hydrogen-bond acceptors (Lipinski definition) is 3. The van der Waals surface area contributed by atoms with Crippen LogP contribution in [0.1, 0.15) is 232 Å². The Balaban J connectivity index is 3.70. The largest absolute Gasteiger partial charge is 0.397 e. The van der Waals surface area contributed by atoms with Gasteiger partial charge in [0, 0.05) is 5.92 Å². The minimum atomic E-state index is -4.38. The first kappa shape index (κ1) is 44.6. The Kier molecular flexibility index (Phi) is 36.1. The van der Waals surface area contributed by atoms with Gasteiger partial charge in [0.25, 0.3) is 0 Å². The first-order chi connectivity index (χ1) is 22.0. The molecule has 0 aliphatic rings. The van der Waals surface area contributed by atoms with Crippen molar-refractivity contribution in [1.29, 1.82) is 0 Å². The van der Waals surface area contributed by atoms with Gasteiger partial charge in [-0.1, -0.05) is 225 Å². The molecule has 0 bridgehead atoms. The van der Waals surface area contributed by atoms with Gasteiger partial charge in [0.2, 0.25) is 0 Å². The predicted octanol–water partition coefficient (Wildman–Crippen LogP) is 14.3. The Hall–Kier alpha value is -0.390. The molecule has 0 saturated carbocycles. The molecular weight excluding hydrogens is 577 g/mol. The molecule has 0 radical (unpaired) electrons. The fraction of sp³-hybridized carbons (Fsp3) is 0.950. The van der Waals surface area contributed by atoms with Crippen LogP contribution in [0.25, 0.3) is 0 Å². The van der Waals surface area contributed by atoms with Crippen molar-refractivity contribution in [2.75, 3.05) is 6.61 Å². The lowest BCUT2D eigenvalue weighted by Crippen LogP contribution is -2.12. The summed E-state index contributed by atoms with van der Waals surface area (Å²) in [4.78, 5) is 0. The van der Waals surface area contributed by atoms with E-state index in [2.05, 4.69) is 26.0 Å². The van der Waals surface area contributed by atoms with E-state index >= 15 is 0 Å². The highest BCUT2D eigenvalue weighted by molar-refractivity contribution is 7.80. The van der Waals surface area contributed by atoms with Crippen LogP contribution in [0.15, 0.2) is 12.2 Å². The van der Waals surface area contributed by atoms with Gasteiger partial charge < -0.3 is 0 Å². The highest BCUT2D eigenvalue weighted by Crippen LogP contribution is 2.18. The van der Waals surface area contributed by atoms with Crippen LogP contribution in [0.3, 0.4) is 0 Å². The maximum atomic E-state index is 11.1. The molecule has 0 rings (SSSR count). The SMILES string of the molecule is CCCCCCCCCCCCCCCCCCC/C=C/C(CCCCCCCCCCCCCCCCC)COS(=O)(=O)O. The lowest BCUT2D eigenvalue weighted by atomic mass is 9.99. The number of rotatable bonds is 38. The molecule has 4 nitrogen and oxygen atoms in total. The van der Waals surface area contributed by atoms with E-state index in [0.717, 1.165) is 19.3 Å². The summed E-state index contributed by atoms with van der Waals surface area (Å²) in [6, 6.07) is 0. The Morgan fingerprint density at radius 2 is 0.756 bits per heavy atom. The molecule has 0 spiro atoms. The van der Waals surface area contributed by atoms with E-state index in [4.69, 9.17) is 8.74 Å². The summed E-state index contributed by atoms with van der Waals surface area (Å²) in [5.41, 5.74) is 0. The second-order valence-corrected chi connectivity index (χ2v) is 15.2. The van der Waals surface area contributed by atoms with Crippen molar-refractivity contribution in [2.45, 2.75) is 232 Å². The van der Waals surface area contributed by atoms with Gasteiger partial charge >= 0.3 is 10.4 Å². The van der Waals surface area contributed by atoms with Crippen molar-refractivity contribution in [2.24, 2.45) is 5.92 Å². The van der Waals surface area contributed by atoms with Gasteiger partial charge in [-0.15, -0.1) is 0 Å². The molecule has 0 saturated heterocycles. The normalized spacial score (nSPS) is 12.9. The summed E-state index contributed by atoms with van der Waals surface area (Å²) in [7, 11) is -4.38. The average molecular weight is 657 g/mol. The molecule has 0 aromatic heterocycles. The Morgan fingerprint density at radius 1 is 0.467 bits per heavy atom. The lowest BCUT2D eigenvalue weighted by Gasteiger charge is -2.12. The fourth-order valence-corrected chi connectivity index (χ4v) is 6.81. The van der Waals surface area contributed by atoms with E-state index in [1.807, 2.05) is 0 Å². The zero-order valence-electron chi connectivity index (χ0n) is 30.6. The van der Waals surface area contributed by atoms with Crippen LogP contribution in [0, 0.1) is 5.92 Å². The molecule has 270 valence electrons. The number of hydrogen-bond donors (Lipinski definition) is 1. The molecular formula is C40H80O4S. The Morgan fingerprint density at radius 3 is 1.07 bits per heavy atom.